The van der Waals surface area contributed by atoms with Crippen LogP contribution in [0, 0.1) is 0 Å². The lowest BCUT2D eigenvalue weighted by molar-refractivity contribution is 0.0779. The van der Waals surface area contributed by atoms with Crippen LogP contribution in [-0.4, -0.2) is 58.9 Å². The van der Waals surface area contributed by atoms with E-state index in [9.17, 15) is 10.2 Å². The number of rotatable bonds is 13. The molecule has 2 atom stereocenters. The van der Waals surface area contributed by atoms with Crippen molar-refractivity contribution in [3.05, 3.63) is 70.0 Å². The largest absolute Gasteiger partial charge is 0.491 e. The van der Waals surface area contributed by atoms with Gasteiger partial charge in [0.25, 0.3) is 0 Å². The lowest BCUT2D eigenvalue weighted by Crippen LogP contribution is -2.40. The molecule has 2 unspecified atom stereocenters. The van der Waals surface area contributed by atoms with E-state index in [4.69, 9.17) is 37.8 Å². The Balaban J connectivity index is 2.00. The molecule has 9 heteroatoms. The summed E-state index contributed by atoms with van der Waals surface area (Å²) in [7, 11) is 0. The molecule has 8 nitrogen and oxygen atoms in total. The van der Waals surface area contributed by atoms with Gasteiger partial charge in [0.1, 0.15) is 30.8 Å². The summed E-state index contributed by atoms with van der Waals surface area (Å²) in [6.07, 6.45) is -0.757. The van der Waals surface area contributed by atoms with Gasteiger partial charge >= 0.3 is 0 Å². The molecular weight excluding hydrogens is 470 g/mol. The number of aliphatic hydroxyl groups excluding tert-OH is 3. The molecule has 0 aliphatic rings. The topological polar surface area (TPSA) is 134 Å². The van der Waals surface area contributed by atoms with Gasteiger partial charge in [0.15, 0.2) is 0 Å². The lowest BCUT2D eigenvalue weighted by Gasteiger charge is -2.27. The Bertz CT molecular complexity index is 981. The molecule has 0 fully saturated rings. The molecule has 0 aliphatic carbocycles. The van der Waals surface area contributed by atoms with Crippen LogP contribution in [-0.2, 0) is 5.41 Å². The maximum Gasteiger partial charge on any atom is 0.138 e. The van der Waals surface area contributed by atoms with Gasteiger partial charge in [-0.2, -0.15) is 0 Å². The van der Waals surface area contributed by atoms with Gasteiger partial charge in [0, 0.05) is 11.1 Å². The van der Waals surface area contributed by atoms with Gasteiger partial charge < -0.3 is 35.5 Å². The third-order valence-electron chi connectivity index (χ3n) is 6.05. The fraction of sp³-hybridized carbons (Fsp3) is 0.462. The minimum atomic E-state index is -0.848. The Morgan fingerprint density at radius 2 is 1.63 bits per heavy atom. The van der Waals surface area contributed by atoms with E-state index in [2.05, 4.69) is 13.8 Å². The highest BCUT2D eigenvalue weighted by molar-refractivity contribution is 6.32. The number of allylic oxidation sites excluding steroid dienone is 1. The maximum atomic E-state index is 10.2. The second-order valence-corrected chi connectivity index (χ2v) is 9.46. The average Bonchev–Trinajstić information content (AvgIpc) is 2.85. The summed E-state index contributed by atoms with van der Waals surface area (Å²) in [4.78, 5) is 0. The highest BCUT2D eigenvalue weighted by atomic mass is 35.5. The predicted octanol–water partition coefficient (Wildman–Crippen LogP) is 2.91. The predicted molar refractivity (Wildman–Crippen MR) is 138 cm³/mol. The van der Waals surface area contributed by atoms with Crippen LogP contribution in [0.25, 0.3) is 0 Å². The molecule has 0 spiro atoms. The summed E-state index contributed by atoms with van der Waals surface area (Å²) in [6, 6.07) is 13.3. The molecule has 2 aromatic rings. The second kappa shape index (κ2) is 13.0. The average molecular weight is 508 g/mol. The van der Waals surface area contributed by atoms with E-state index in [-0.39, 0.29) is 37.5 Å². The Kier molecular flexibility index (Phi) is 10.7. The number of nitrogens with two attached hydrogens (primary N) is 2. The number of hydrogen-bond acceptors (Lipinski definition) is 8. The van der Waals surface area contributed by atoms with Crippen molar-refractivity contribution in [3.63, 3.8) is 0 Å². The molecule has 0 saturated carbocycles. The summed E-state index contributed by atoms with van der Waals surface area (Å²) >= 11 is 6.44. The minimum absolute atomic E-state index is 0.0482. The normalized spacial score (nSPS) is 14.2. The zero-order valence-corrected chi connectivity index (χ0v) is 21.6. The first-order valence-corrected chi connectivity index (χ1v) is 12.0. The first kappa shape index (κ1) is 28.7. The molecule has 35 heavy (non-hydrogen) atoms. The van der Waals surface area contributed by atoms with Gasteiger partial charge in [-0.1, -0.05) is 50.6 Å². The molecule has 194 valence electrons. The number of hydrogen-bond donors (Lipinski definition) is 5. The van der Waals surface area contributed by atoms with Gasteiger partial charge in [-0.25, -0.2) is 5.84 Å². The fourth-order valence-corrected chi connectivity index (χ4v) is 3.59. The number of benzene rings is 2. The third kappa shape index (κ3) is 8.02. The summed E-state index contributed by atoms with van der Waals surface area (Å²) in [5.41, 5.74) is 8.15. The standard InChI is InChI=1S/C26H38ClN3O5/c1-5-20(32)15-35-25-11-8-19(12-23(25)27)26(3,4)18-6-9-22(10-7-18)34-16-21(33)13-30(29)17(2)24(28)14-31/h6-12,20-21,31-33H,5,13-16,28-29H2,1-4H3/b24-17-. The van der Waals surface area contributed by atoms with Gasteiger partial charge in [-0.3, -0.25) is 0 Å². The smallest absolute Gasteiger partial charge is 0.138 e. The van der Waals surface area contributed by atoms with Crippen LogP contribution in [0.3, 0.4) is 0 Å². The van der Waals surface area contributed by atoms with Gasteiger partial charge in [-0.15, -0.1) is 0 Å². The van der Waals surface area contributed by atoms with Crippen molar-refractivity contribution in [1.29, 1.82) is 0 Å². The summed E-state index contributed by atoms with van der Waals surface area (Å²) in [5.74, 6) is 7.04. The Morgan fingerprint density at radius 1 is 1.03 bits per heavy atom. The van der Waals surface area contributed by atoms with Crippen LogP contribution in [0.1, 0.15) is 45.2 Å². The molecule has 2 aromatic carbocycles. The van der Waals surface area contributed by atoms with Crippen LogP contribution in [0.5, 0.6) is 11.5 Å². The fourth-order valence-electron chi connectivity index (χ4n) is 3.35. The highest BCUT2D eigenvalue weighted by Crippen LogP contribution is 2.36. The van der Waals surface area contributed by atoms with Gasteiger partial charge in [0.2, 0.25) is 0 Å². The van der Waals surface area contributed by atoms with Gasteiger partial charge in [-0.05, 0) is 48.7 Å². The molecule has 0 bridgehead atoms. The van der Waals surface area contributed by atoms with Crippen LogP contribution < -0.4 is 21.1 Å². The maximum absolute atomic E-state index is 10.2. The number of ether oxygens (including phenoxy) is 2. The molecule has 2 rings (SSSR count). The zero-order chi connectivity index (χ0) is 26.2. The first-order chi connectivity index (χ1) is 16.5. The Labute approximate surface area is 212 Å². The van der Waals surface area contributed by atoms with Crippen molar-refractivity contribution in [2.24, 2.45) is 11.6 Å². The molecule has 0 radical (unpaired) electrons. The molecule has 0 heterocycles. The highest BCUT2D eigenvalue weighted by Gasteiger charge is 2.24. The molecule has 0 saturated heterocycles. The van der Waals surface area contributed by atoms with E-state index in [1.165, 1.54) is 5.01 Å². The van der Waals surface area contributed by atoms with Crippen LogP contribution in [0.15, 0.2) is 53.9 Å². The van der Waals surface area contributed by atoms with E-state index < -0.39 is 12.2 Å². The minimum Gasteiger partial charge on any atom is -0.491 e. The number of aliphatic hydroxyl groups is 3. The van der Waals surface area contributed by atoms with Crippen LogP contribution in [0.2, 0.25) is 5.02 Å². The summed E-state index contributed by atoms with van der Waals surface area (Å²) < 4.78 is 11.3. The van der Waals surface area contributed by atoms with Crippen molar-refractivity contribution in [2.75, 3.05) is 26.4 Å². The summed E-state index contributed by atoms with van der Waals surface area (Å²) in [6.45, 7) is 7.82. The van der Waals surface area contributed by atoms with Crippen LogP contribution >= 0.6 is 11.6 Å². The van der Waals surface area contributed by atoms with E-state index in [1.54, 1.807) is 6.92 Å². The number of nitrogens with zero attached hydrogens (tertiary/aromatic N) is 1. The van der Waals surface area contributed by atoms with E-state index >= 15 is 0 Å². The quantitative estimate of drug-likeness (QED) is 0.206. The molecular formula is C26H38ClN3O5. The van der Waals surface area contributed by atoms with E-state index in [0.717, 1.165) is 11.1 Å². The number of hydrazine groups is 1. The van der Waals surface area contributed by atoms with Crippen LogP contribution in [0.4, 0.5) is 0 Å². The van der Waals surface area contributed by atoms with E-state index in [1.807, 2.05) is 49.4 Å². The summed E-state index contributed by atoms with van der Waals surface area (Å²) in [5, 5.41) is 30.8. The van der Waals surface area contributed by atoms with Crippen molar-refractivity contribution >= 4 is 11.6 Å². The number of halogens is 1. The molecule has 0 aliphatic heterocycles. The van der Waals surface area contributed by atoms with Crippen molar-refractivity contribution < 1.29 is 24.8 Å². The Morgan fingerprint density at radius 3 is 2.20 bits per heavy atom. The monoisotopic (exact) mass is 507 g/mol. The van der Waals surface area contributed by atoms with Gasteiger partial charge in [0.05, 0.1) is 30.0 Å². The van der Waals surface area contributed by atoms with Crippen molar-refractivity contribution in [2.45, 2.75) is 51.7 Å². The molecule has 7 N–H and O–H groups in total. The van der Waals surface area contributed by atoms with Crippen molar-refractivity contribution in [1.82, 2.24) is 5.01 Å². The van der Waals surface area contributed by atoms with E-state index in [0.29, 0.717) is 28.6 Å². The second-order valence-electron chi connectivity index (χ2n) is 9.05. The third-order valence-corrected chi connectivity index (χ3v) is 6.34. The Hall–Kier alpha value is -2.49. The first-order valence-electron chi connectivity index (χ1n) is 11.6. The SMILES string of the molecule is CCC(O)COc1ccc(C(C)(C)c2ccc(OCC(O)CN(N)/C(C)=C(\N)CO)cc2)cc1Cl. The van der Waals surface area contributed by atoms with Crippen molar-refractivity contribution in [3.8, 4) is 11.5 Å². The molecule has 0 amide bonds. The lowest BCUT2D eigenvalue weighted by atomic mass is 9.78. The molecule has 0 aromatic heterocycles. The zero-order valence-electron chi connectivity index (χ0n) is 20.9.